The summed E-state index contributed by atoms with van der Waals surface area (Å²) in [5.41, 5.74) is 0. The van der Waals surface area contributed by atoms with Crippen LogP contribution in [0.2, 0.25) is 0 Å². The van der Waals surface area contributed by atoms with Crippen molar-refractivity contribution in [3.05, 3.63) is 12.3 Å². The van der Waals surface area contributed by atoms with E-state index < -0.39 is 0 Å². The monoisotopic (exact) mass is 209 g/mol. The molecular formula is C14H27N. The third-order valence-electron chi connectivity index (χ3n) is 3.15. The first-order valence-electron chi connectivity index (χ1n) is 6.66. The van der Waals surface area contributed by atoms with Crippen LogP contribution < -0.4 is 0 Å². The van der Waals surface area contributed by atoms with Crippen LogP contribution in [0.3, 0.4) is 0 Å². The predicted octanol–water partition coefficient (Wildman–Crippen LogP) is 4.20. The van der Waals surface area contributed by atoms with E-state index >= 15 is 0 Å². The summed E-state index contributed by atoms with van der Waals surface area (Å²) in [6, 6.07) is 0.823. The number of rotatable bonds is 5. The second-order valence-electron chi connectivity index (χ2n) is 5.18. The Morgan fingerprint density at radius 2 is 1.87 bits per heavy atom. The molecule has 88 valence electrons. The van der Waals surface area contributed by atoms with Crippen molar-refractivity contribution in [1.82, 2.24) is 4.90 Å². The maximum absolute atomic E-state index is 2.59. The third-order valence-corrected chi connectivity index (χ3v) is 3.15. The number of hydrogen-bond acceptors (Lipinski definition) is 1. The lowest BCUT2D eigenvalue weighted by atomic mass is 9.94. The highest BCUT2D eigenvalue weighted by Gasteiger charge is 2.18. The zero-order valence-electron chi connectivity index (χ0n) is 10.7. The summed E-state index contributed by atoms with van der Waals surface area (Å²) in [6.07, 6.45) is 12.9. The average molecular weight is 209 g/mol. The molecule has 0 amide bonds. The van der Waals surface area contributed by atoms with E-state index in [2.05, 4.69) is 37.9 Å². The van der Waals surface area contributed by atoms with Crippen LogP contribution >= 0.6 is 0 Å². The van der Waals surface area contributed by atoms with Crippen LogP contribution in [0.1, 0.15) is 59.3 Å². The van der Waals surface area contributed by atoms with Crippen LogP contribution in [0.25, 0.3) is 0 Å². The lowest BCUT2D eigenvalue weighted by Crippen LogP contribution is -2.35. The van der Waals surface area contributed by atoms with Gasteiger partial charge in [0.05, 0.1) is 0 Å². The predicted molar refractivity (Wildman–Crippen MR) is 67.8 cm³/mol. The Hall–Kier alpha value is -0.460. The summed E-state index contributed by atoms with van der Waals surface area (Å²) in [6.45, 7) is 8.07. The fourth-order valence-corrected chi connectivity index (χ4v) is 2.41. The van der Waals surface area contributed by atoms with Crippen molar-refractivity contribution in [3.8, 4) is 0 Å². The van der Waals surface area contributed by atoms with E-state index in [1.54, 1.807) is 0 Å². The van der Waals surface area contributed by atoms with Gasteiger partial charge < -0.3 is 4.90 Å². The molecule has 0 aromatic heterocycles. The maximum Gasteiger partial charge on any atom is 0.0284 e. The highest BCUT2D eigenvalue weighted by molar-refractivity contribution is 4.88. The summed E-state index contributed by atoms with van der Waals surface area (Å²) < 4.78 is 0. The van der Waals surface area contributed by atoms with E-state index in [4.69, 9.17) is 0 Å². The molecule has 1 aliphatic carbocycles. The molecule has 1 nitrogen and oxygen atoms in total. The topological polar surface area (TPSA) is 3.24 Å². The van der Waals surface area contributed by atoms with Gasteiger partial charge in [-0.2, -0.15) is 0 Å². The Morgan fingerprint density at radius 1 is 1.20 bits per heavy atom. The molecule has 0 heterocycles. The SMILES string of the molecule is CC/C=C/N(CC(C)C)C1CCCCC1. The Morgan fingerprint density at radius 3 is 2.40 bits per heavy atom. The molecule has 0 aliphatic heterocycles. The lowest BCUT2D eigenvalue weighted by Gasteiger charge is -2.34. The zero-order valence-corrected chi connectivity index (χ0v) is 10.7. The molecule has 1 heteroatoms. The molecule has 0 spiro atoms. The van der Waals surface area contributed by atoms with E-state index in [0.29, 0.717) is 0 Å². The van der Waals surface area contributed by atoms with Crippen LogP contribution in [0.15, 0.2) is 12.3 Å². The van der Waals surface area contributed by atoms with Crippen LogP contribution in [-0.4, -0.2) is 17.5 Å². The van der Waals surface area contributed by atoms with Crippen molar-refractivity contribution in [2.75, 3.05) is 6.54 Å². The van der Waals surface area contributed by atoms with Gasteiger partial charge in [-0.1, -0.05) is 46.1 Å². The summed E-state index contributed by atoms with van der Waals surface area (Å²) in [5, 5.41) is 0. The Bertz CT molecular complexity index is 178. The average Bonchev–Trinajstić information content (AvgIpc) is 2.25. The van der Waals surface area contributed by atoms with Gasteiger partial charge in [-0.05, 0) is 31.4 Å². The van der Waals surface area contributed by atoms with Gasteiger partial charge in [0.25, 0.3) is 0 Å². The van der Waals surface area contributed by atoms with Crippen LogP contribution in [0, 0.1) is 5.92 Å². The molecule has 0 atom stereocenters. The molecule has 0 aromatic carbocycles. The van der Waals surface area contributed by atoms with E-state index in [9.17, 15) is 0 Å². The smallest absolute Gasteiger partial charge is 0.0284 e. The van der Waals surface area contributed by atoms with Gasteiger partial charge >= 0.3 is 0 Å². The van der Waals surface area contributed by atoms with E-state index in [1.807, 2.05) is 0 Å². The fraction of sp³-hybridized carbons (Fsp3) is 0.857. The summed E-state index contributed by atoms with van der Waals surface area (Å²) >= 11 is 0. The van der Waals surface area contributed by atoms with Crippen molar-refractivity contribution < 1.29 is 0 Å². The molecular weight excluding hydrogens is 182 g/mol. The minimum atomic E-state index is 0.772. The summed E-state index contributed by atoms with van der Waals surface area (Å²) in [5.74, 6) is 0.772. The van der Waals surface area contributed by atoms with Crippen LogP contribution in [0.5, 0.6) is 0 Å². The third kappa shape index (κ3) is 4.72. The molecule has 1 fully saturated rings. The van der Waals surface area contributed by atoms with Crippen molar-refractivity contribution in [2.24, 2.45) is 5.92 Å². The molecule has 15 heavy (non-hydrogen) atoms. The normalized spacial score (nSPS) is 18.9. The zero-order chi connectivity index (χ0) is 11.1. The molecule has 0 N–H and O–H groups in total. The Balaban J connectivity index is 2.48. The molecule has 1 rings (SSSR count). The van der Waals surface area contributed by atoms with Gasteiger partial charge in [0, 0.05) is 12.6 Å². The van der Waals surface area contributed by atoms with Gasteiger partial charge in [-0.15, -0.1) is 0 Å². The first kappa shape index (κ1) is 12.6. The fourth-order valence-electron chi connectivity index (χ4n) is 2.41. The van der Waals surface area contributed by atoms with Gasteiger partial charge in [0.2, 0.25) is 0 Å². The molecule has 0 radical (unpaired) electrons. The molecule has 0 unspecified atom stereocenters. The second kappa shape index (κ2) is 6.92. The van der Waals surface area contributed by atoms with Crippen molar-refractivity contribution in [3.63, 3.8) is 0 Å². The van der Waals surface area contributed by atoms with Gasteiger partial charge in [0.15, 0.2) is 0 Å². The van der Waals surface area contributed by atoms with Crippen LogP contribution in [-0.2, 0) is 0 Å². The molecule has 0 bridgehead atoms. The van der Waals surface area contributed by atoms with Crippen molar-refractivity contribution in [1.29, 1.82) is 0 Å². The molecule has 0 saturated heterocycles. The van der Waals surface area contributed by atoms with Crippen molar-refractivity contribution in [2.45, 2.75) is 65.3 Å². The first-order chi connectivity index (χ1) is 7.24. The summed E-state index contributed by atoms with van der Waals surface area (Å²) in [4.78, 5) is 2.59. The molecule has 1 aliphatic rings. The maximum atomic E-state index is 2.59. The minimum Gasteiger partial charge on any atom is -0.374 e. The number of allylic oxidation sites excluding steroid dienone is 1. The Labute approximate surface area is 95.5 Å². The van der Waals surface area contributed by atoms with E-state index in [-0.39, 0.29) is 0 Å². The van der Waals surface area contributed by atoms with Crippen molar-refractivity contribution >= 4 is 0 Å². The Kier molecular flexibility index (Phi) is 5.82. The highest BCUT2D eigenvalue weighted by Crippen LogP contribution is 2.23. The van der Waals surface area contributed by atoms with Crippen LogP contribution in [0.4, 0.5) is 0 Å². The van der Waals surface area contributed by atoms with E-state index in [0.717, 1.165) is 18.4 Å². The highest BCUT2D eigenvalue weighted by atomic mass is 15.1. The quantitative estimate of drug-likeness (QED) is 0.656. The minimum absolute atomic E-state index is 0.772. The first-order valence-corrected chi connectivity index (χ1v) is 6.66. The van der Waals surface area contributed by atoms with Gasteiger partial charge in [0.1, 0.15) is 0 Å². The standard InChI is InChI=1S/C14H27N/c1-4-5-11-15(12-13(2)3)14-9-7-6-8-10-14/h5,11,13-14H,4,6-10,12H2,1-3H3/b11-5+. The second-order valence-corrected chi connectivity index (χ2v) is 5.18. The largest absolute Gasteiger partial charge is 0.374 e. The molecule has 1 saturated carbocycles. The molecule has 0 aromatic rings. The number of nitrogens with zero attached hydrogens (tertiary/aromatic N) is 1. The van der Waals surface area contributed by atoms with Gasteiger partial charge in [-0.25, -0.2) is 0 Å². The van der Waals surface area contributed by atoms with E-state index in [1.165, 1.54) is 38.6 Å². The lowest BCUT2D eigenvalue weighted by molar-refractivity contribution is 0.199. The van der Waals surface area contributed by atoms with Gasteiger partial charge in [-0.3, -0.25) is 0 Å². The number of hydrogen-bond donors (Lipinski definition) is 0. The summed E-state index contributed by atoms with van der Waals surface area (Å²) in [7, 11) is 0.